The molecule has 1 aliphatic carbocycles. The minimum Gasteiger partial charge on any atom is -0.481 e. The van der Waals surface area contributed by atoms with Crippen molar-refractivity contribution in [3.63, 3.8) is 0 Å². The van der Waals surface area contributed by atoms with Crippen LogP contribution in [-0.4, -0.2) is 18.8 Å². The Labute approximate surface area is 167 Å². The van der Waals surface area contributed by atoms with Crippen molar-refractivity contribution in [3.8, 4) is 18.1 Å². The van der Waals surface area contributed by atoms with E-state index < -0.39 is 0 Å². The molecule has 1 aromatic carbocycles. The maximum absolute atomic E-state index is 5.58. The average molecular weight is 372 g/mol. The summed E-state index contributed by atoms with van der Waals surface area (Å²) in [6.45, 7) is 16.6. The smallest absolute Gasteiger partial charge is 0.148 e. The summed E-state index contributed by atoms with van der Waals surface area (Å²) < 4.78 is 10.8. The van der Waals surface area contributed by atoms with E-state index in [0.717, 1.165) is 17.9 Å². The van der Waals surface area contributed by atoms with Crippen molar-refractivity contribution in [1.29, 1.82) is 0 Å². The Balaban J connectivity index is 0. The normalized spacial score (nSPS) is 16.6. The fraction of sp³-hybridized carbons (Fsp3) is 0.417. The van der Waals surface area contributed by atoms with Crippen molar-refractivity contribution in [1.82, 2.24) is 0 Å². The van der Waals surface area contributed by atoms with Gasteiger partial charge in [0, 0.05) is 12.1 Å². The second-order valence-corrected chi connectivity index (χ2v) is 5.46. The summed E-state index contributed by atoms with van der Waals surface area (Å²) >= 11 is 0. The highest BCUT2D eigenvalue weighted by atomic mass is 16.5. The Hall–Kier alpha value is -2.44. The van der Waals surface area contributed by atoms with E-state index in [9.17, 15) is 0 Å². The molecule has 0 saturated heterocycles. The number of rotatable bonds is 5. The monoisotopic (exact) mass is 371 g/mol. The number of ether oxygens (including phenoxy) is 2. The lowest BCUT2D eigenvalue weighted by Crippen LogP contribution is -2.27. The van der Waals surface area contributed by atoms with Crippen molar-refractivity contribution in [2.24, 2.45) is 5.73 Å². The van der Waals surface area contributed by atoms with Gasteiger partial charge < -0.3 is 15.2 Å². The van der Waals surface area contributed by atoms with Gasteiger partial charge >= 0.3 is 0 Å². The lowest BCUT2D eigenvalue weighted by Gasteiger charge is -2.27. The van der Waals surface area contributed by atoms with Crippen LogP contribution in [-0.2, 0) is 4.74 Å². The Morgan fingerprint density at radius 3 is 2.44 bits per heavy atom. The third-order valence-electron chi connectivity index (χ3n) is 3.21. The third-order valence-corrected chi connectivity index (χ3v) is 3.21. The van der Waals surface area contributed by atoms with E-state index in [1.807, 2.05) is 84.0 Å². The van der Waals surface area contributed by atoms with Gasteiger partial charge in [-0.25, -0.2) is 0 Å². The first-order chi connectivity index (χ1) is 13.0. The fourth-order valence-corrected chi connectivity index (χ4v) is 1.92. The molecule has 2 rings (SSSR count). The minimum absolute atomic E-state index is 0.197. The Kier molecular flexibility index (Phi) is 16.9. The Morgan fingerprint density at radius 2 is 1.96 bits per heavy atom. The lowest BCUT2D eigenvalue weighted by atomic mass is 9.96. The number of hydrogen-bond donors (Lipinski definition) is 1. The van der Waals surface area contributed by atoms with Gasteiger partial charge in [0.1, 0.15) is 12.4 Å². The minimum atomic E-state index is -0.197. The van der Waals surface area contributed by atoms with Gasteiger partial charge in [0.05, 0.1) is 12.2 Å². The van der Waals surface area contributed by atoms with E-state index in [0.29, 0.717) is 13.2 Å². The fourth-order valence-electron chi connectivity index (χ4n) is 1.92. The number of hydrogen-bond acceptors (Lipinski definition) is 3. The molecule has 1 aliphatic rings. The standard InChI is InChI=1S/C10H15NO.C10H10O.2C2H6/c1-3-8-12-10(2)6-4-9(11)5-7-10;1-3-7-11-10-6-4-5-9(2)8-10;2*1-2/h3-6H,1,7-8,11H2,2H3;1,4-6,8H,7H2,2H3;2*1-2H3. The van der Waals surface area contributed by atoms with Gasteiger partial charge in [0.25, 0.3) is 0 Å². The van der Waals surface area contributed by atoms with Gasteiger partial charge in [-0.15, -0.1) is 13.0 Å². The highest BCUT2D eigenvalue weighted by molar-refractivity contribution is 5.27. The molecule has 0 aromatic heterocycles. The maximum Gasteiger partial charge on any atom is 0.148 e. The first-order valence-electron chi connectivity index (χ1n) is 9.52. The van der Waals surface area contributed by atoms with Gasteiger partial charge in [-0.05, 0) is 37.6 Å². The van der Waals surface area contributed by atoms with Gasteiger partial charge in [-0.3, -0.25) is 0 Å². The molecular formula is C24H37NO2. The molecule has 27 heavy (non-hydrogen) atoms. The molecule has 1 aromatic rings. The van der Waals surface area contributed by atoms with Crippen LogP contribution in [0.2, 0.25) is 0 Å². The molecule has 0 fully saturated rings. The van der Waals surface area contributed by atoms with Crippen LogP contribution in [0, 0.1) is 19.3 Å². The summed E-state index contributed by atoms with van der Waals surface area (Å²) in [6, 6.07) is 7.81. The zero-order valence-electron chi connectivity index (χ0n) is 17.9. The van der Waals surface area contributed by atoms with E-state index >= 15 is 0 Å². The predicted octanol–water partition coefficient (Wildman–Crippen LogP) is 5.81. The van der Waals surface area contributed by atoms with Crippen LogP contribution in [0.1, 0.15) is 46.6 Å². The van der Waals surface area contributed by atoms with Crippen molar-refractivity contribution in [2.45, 2.75) is 53.6 Å². The van der Waals surface area contributed by atoms with E-state index in [4.69, 9.17) is 21.6 Å². The van der Waals surface area contributed by atoms with Crippen LogP contribution >= 0.6 is 0 Å². The van der Waals surface area contributed by atoms with Crippen molar-refractivity contribution in [2.75, 3.05) is 13.2 Å². The van der Waals surface area contributed by atoms with Crippen LogP contribution in [0.3, 0.4) is 0 Å². The van der Waals surface area contributed by atoms with Crippen LogP contribution in [0.15, 0.2) is 60.8 Å². The molecule has 0 bridgehead atoms. The first-order valence-corrected chi connectivity index (χ1v) is 9.52. The topological polar surface area (TPSA) is 44.5 Å². The van der Waals surface area contributed by atoms with Crippen LogP contribution in [0.5, 0.6) is 5.75 Å². The molecule has 150 valence electrons. The highest BCUT2D eigenvalue weighted by Gasteiger charge is 2.21. The summed E-state index contributed by atoms with van der Waals surface area (Å²) in [6.07, 6.45) is 13.5. The molecular weight excluding hydrogens is 334 g/mol. The van der Waals surface area contributed by atoms with Gasteiger partial charge in [-0.2, -0.15) is 0 Å². The molecule has 0 radical (unpaired) electrons. The van der Waals surface area contributed by atoms with Gasteiger partial charge in [-0.1, -0.05) is 64.0 Å². The molecule has 3 heteroatoms. The van der Waals surface area contributed by atoms with Crippen molar-refractivity contribution < 1.29 is 9.47 Å². The molecule has 0 heterocycles. The number of nitrogens with two attached hydrogens (primary N) is 1. The van der Waals surface area contributed by atoms with Gasteiger partial charge in [0.15, 0.2) is 0 Å². The molecule has 2 N–H and O–H groups in total. The Bertz CT molecular complexity index is 611. The molecule has 1 unspecified atom stereocenters. The first kappa shape index (κ1) is 26.8. The average Bonchev–Trinajstić information content (AvgIpc) is 2.71. The summed E-state index contributed by atoms with van der Waals surface area (Å²) in [7, 11) is 0. The zero-order valence-corrected chi connectivity index (χ0v) is 17.9. The maximum atomic E-state index is 5.58. The number of terminal acetylenes is 1. The molecule has 0 amide bonds. The van der Waals surface area contributed by atoms with E-state index in [1.165, 1.54) is 5.56 Å². The third kappa shape index (κ3) is 13.4. The predicted molar refractivity (Wildman–Crippen MR) is 119 cm³/mol. The second-order valence-electron chi connectivity index (χ2n) is 5.46. The van der Waals surface area contributed by atoms with Gasteiger partial charge in [0.2, 0.25) is 0 Å². The number of aryl methyl sites for hydroxylation is 1. The van der Waals surface area contributed by atoms with Crippen LogP contribution in [0.25, 0.3) is 0 Å². The highest BCUT2D eigenvalue weighted by Crippen LogP contribution is 2.22. The van der Waals surface area contributed by atoms with Crippen LogP contribution in [0.4, 0.5) is 0 Å². The lowest BCUT2D eigenvalue weighted by molar-refractivity contribution is 0.0250. The number of benzene rings is 1. The molecule has 1 atom stereocenters. The largest absolute Gasteiger partial charge is 0.481 e. The quantitative estimate of drug-likeness (QED) is 0.525. The van der Waals surface area contributed by atoms with E-state index in [2.05, 4.69) is 12.5 Å². The summed E-state index contributed by atoms with van der Waals surface area (Å²) in [5, 5.41) is 0. The molecule has 0 saturated carbocycles. The molecule has 3 nitrogen and oxygen atoms in total. The molecule has 0 spiro atoms. The molecule has 0 aliphatic heterocycles. The Morgan fingerprint density at radius 1 is 1.30 bits per heavy atom. The van der Waals surface area contributed by atoms with Crippen molar-refractivity contribution >= 4 is 0 Å². The van der Waals surface area contributed by atoms with Crippen molar-refractivity contribution in [3.05, 3.63) is 66.4 Å². The zero-order chi connectivity index (χ0) is 21.1. The second kappa shape index (κ2) is 17.0. The summed E-state index contributed by atoms with van der Waals surface area (Å²) in [5.41, 5.74) is 7.38. The van der Waals surface area contributed by atoms with E-state index in [-0.39, 0.29) is 5.60 Å². The SMILES string of the molecule is C#CCOc1cccc(C)c1.C=CCOC1(C)C=CC(N)=CC1.CC.CC. The summed E-state index contributed by atoms with van der Waals surface area (Å²) in [5.74, 6) is 3.25. The summed E-state index contributed by atoms with van der Waals surface area (Å²) in [4.78, 5) is 0. The van der Waals surface area contributed by atoms with Crippen LogP contribution < -0.4 is 10.5 Å². The number of allylic oxidation sites excluding steroid dienone is 1. The van der Waals surface area contributed by atoms with E-state index in [1.54, 1.807) is 6.08 Å².